The molecule has 3 fully saturated rings. The van der Waals surface area contributed by atoms with Crippen LogP contribution in [-0.4, -0.2) is 18.5 Å². The van der Waals surface area contributed by atoms with E-state index < -0.39 is 5.41 Å². The molecule has 3 aliphatic rings. The minimum atomic E-state index is -0.427. The van der Waals surface area contributed by atoms with E-state index in [1.54, 1.807) is 0 Å². The van der Waals surface area contributed by atoms with E-state index in [-0.39, 0.29) is 11.9 Å². The third-order valence-corrected chi connectivity index (χ3v) is 6.73. The molecule has 0 aromatic carbocycles. The topological polar surface area (TPSA) is 55.1 Å². The number of rotatable bonds is 5. The van der Waals surface area contributed by atoms with Crippen LogP contribution in [-0.2, 0) is 4.79 Å². The largest absolute Gasteiger partial charge is 0.355 e. The summed E-state index contributed by atoms with van der Waals surface area (Å²) in [7, 11) is 0. The zero-order valence-corrected chi connectivity index (χ0v) is 14.5. The van der Waals surface area contributed by atoms with Gasteiger partial charge in [-0.3, -0.25) is 4.79 Å². The van der Waals surface area contributed by atoms with E-state index in [9.17, 15) is 4.79 Å². The lowest BCUT2D eigenvalue weighted by atomic mass is 9.66. The predicted molar refractivity (Wildman–Crippen MR) is 88.9 cm³/mol. The van der Waals surface area contributed by atoms with Gasteiger partial charge in [0.05, 0.1) is 5.41 Å². The third-order valence-electron chi connectivity index (χ3n) is 6.45. The van der Waals surface area contributed by atoms with Crippen molar-refractivity contribution in [3.8, 4) is 0 Å². The van der Waals surface area contributed by atoms with Gasteiger partial charge in [-0.05, 0) is 60.3 Å². The Labute approximate surface area is 136 Å². The first kappa shape index (κ1) is 15.5. The van der Waals surface area contributed by atoms with Gasteiger partial charge in [-0.25, -0.2) is 0 Å². The molecule has 4 atom stereocenters. The summed E-state index contributed by atoms with van der Waals surface area (Å²) in [6.07, 6.45) is 7.87. The Morgan fingerprint density at radius 3 is 2.62 bits per heavy atom. The summed E-state index contributed by atoms with van der Waals surface area (Å²) in [5, 5.41) is 3.25. The molecule has 3 nitrogen and oxygen atoms in total. The first-order valence-corrected chi connectivity index (χ1v) is 9.04. The molecule has 0 heterocycles. The number of carbonyl (C=O) groups excluding carboxylic acids is 1. The SMILES string of the molecule is C=C(Br)C[C@]1(C(=O)NCC2(C)CCC2)[C@@H]2CC[C@@H](C2)[C@H]1N. The Morgan fingerprint density at radius 2 is 2.14 bits per heavy atom. The molecule has 0 aromatic heterocycles. The van der Waals surface area contributed by atoms with Crippen LogP contribution in [0.1, 0.15) is 51.9 Å². The Balaban J connectivity index is 1.76. The van der Waals surface area contributed by atoms with E-state index >= 15 is 0 Å². The Morgan fingerprint density at radius 1 is 1.43 bits per heavy atom. The number of hydrogen-bond acceptors (Lipinski definition) is 2. The van der Waals surface area contributed by atoms with Gasteiger partial charge >= 0.3 is 0 Å². The molecule has 0 spiro atoms. The normalized spacial score (nSPS) is 39.9. The monoisotopic (exact) mass is 354 g/mol. The fourth-order valence-corrected chi connectivity index (χ4v) is 5.38. The Bertz CT molecular complexity index is 456. The van der Waals surface area contributed by atoms with Gasteiger partial charge in [0.15, 0.2) is 0 Å². The number of fused-ring (bicyclic) bond motifs is 2. The van der Waals surface area contributed by atoms with Crippen LogP contribution in [0.2, 0.25) is 0 Å². The fourth-order valence-electron chi connectivity index (χ4n) is 4.92. The van der Waals surface area contributed by atoms with E-state index in [0.717, 1.165) is 23.9 Å². The van der Waals surface area contributed by atoms with E-state index in [1.807, 2.05) is 0 Å². The lowest BCUT2D eigenvalue weighted by molar-refractivity contribution is -0.136. The van der Waals surface area contributed by atoms with Crippen LogP contribution in [0.4, 0.5) is 0 Å². The number of hydrogen-bond donors (Lipinski definition) is 2. The van der Waals surface area contributed by atoms with Gasteiger partial charge in [-0.15, -0.1) is 0 Å². The highest BCUT2D eigenvalue weighted by Gasteiger charge is 2.60. The summed E-state index contributed by atoms with van der Waals surface area (Å²) < 4.78 is 0.899. The quantitative estimate of drug-likeness (QED) is 0.795. The number of allylic oxidation sites excluding steroid dienone is 1. The van der Waals surface area contributed by atoms with E-state index in [1.165, 1.54) is 25.7 Å². The number of nitrogens with two attached hydrogens (primary N) is 1. The van der Waals surface area contributed by atoms with E-state index in [2.05, 4.69) is 34.7 Å². The van der Waals surface area contributed by atoms with Gasteiger partial charge in [0.25, 0.3) is 0 Å². The van der Waals surface area contributed by atoms with Crippen LogP contribution in [0.3, 0.4) is 0 Å². The molecule has 1 amide bonds. The van der Waals surface area contributed by atoms with Crippen molar-refractivity contribution < 1.29 is 4.79 Å². The molecular weight excluding hydrogens is 328 g/mol. The van der Waals surface area contributed by atoms with Gasteiger partial charge in [-0.2, -0.15) is 0 Å². The molecule has 0 saturated heterocycles. The molecule has 0 unspecified atom stereocenters. The minimum Gasteiger partial charge on any atom is -0.355 e. The number of nitrogens with one attached hydrogen (secondary N) is 1. The second-order valence-electron chi connectivity index (χ2n) is 7.88. The molecule has 118 valence electrons. The van der Waals surface area contributed by atoms with Crippen molar-refractivity contribution >= 4 is 21.8 Å². The lowest BCUT2D eigenvalue weighted by Crippen LogP contribution is -2.57. The van der Waals surface area contributed by atoms with Gasteiger partial charge < -0.3 is 11.1 Å². The molecule has 3 N–H and O–H groups in total. The number of carbonyl (C=O) groups is 1. The van der Waals surface area contributed by atoms with Crippen LogP contribution in [0.5, 0.6) is 0 Å². The summed E-state index contributed by atoms with van der Waals surface area (Å²) in [5.41, 5.74) is 6.39. The van der Waals surface area contributed by atoms with Gasteiger partial charge in [-0.1, -0.05) is 35.9 Å². The molecule has 0 radical (unpaired) electrons. The molecule has 0 aromatic rings. The van der Waals surface area contributed by atoms with Crippen molar-refractivity contribution in [2.24, 2.45) is 28.4 Å². The van der Waals surface area contributed by atoms with Crippen LogP contribution in [0, 0.1) is 22.7 Å². The summed E-state index contributed by atoms with van der Waals surface area (Å²) >= 11 is 3.47. The van der Waals surface area contributed by atoms with Gasteiger partial charge in [0.1, 0.15) is 0 Å². The summed E-state index contributed by atoms with van der Waals surface area (Å²) in [5.74, 6) is 1.13. The van der Waals surface area contributed by atoms with Crippen molar-refractivity contribution in [2.75, 3.05) is 6.54 Å². The maximum absolute atomic E-state index is 13.0. The highest BCUT2D eigenvalue weighted by Crippen LogP contribution is 2.58. The highest BCUT2D eigenvalue weighted by atomic mass is 79.9. The first-order chi connectivity index (χ1) is 9.87. The van der Waals surface area contributed by atoms with Gasteiger partial charge in [0, 0.05) is 12.6 Å². The maximum atomic E-state index is 13.0. The third kappa shape index (κ3) is 2.48. The number of amides is 1. The molecule has 21 heavy (non-hydrogen) atoms. The summed E-state index contributed by atoms with van der Waals surface area (Å²) in [6.45, 7) is 7.05. The zero-order valence-electron chi connectivity index (χ0n) is 13.0. The second kappa shape index (κ2) is 5.38. The summed E-state index contributed by atoms with van der Waals surface area (Å²) in [4.78, 5) is 13.0. The Hall–Kier alpha value is -0.350. The van der Waals surface area contributed by atoms with Gasteiger partial charge in [0.2, 0.25) is 5.91 Å². The average Bonchev–Trinajstić information content (AvgIpc) is 2.96. The van der Waals surface area contributed by atoms with Crippen LogP contribution in [0.25, 0.3) is 0 Å². The van der Waals surface area contributed by atoms with E-state index in [4.69, 9.17) is 5.73 Å². The maximum Gasteiger partial charge on any atom is 0.228 e. The summed E-state index contributed by atoms with van der Waals surface area (Å²) in [6, 6.07) is -0.0141. The molecule has 3 rings (SSSR count). The lowest BCUT2D eigenvalue weighted by Gasteiger charge is -2.43. The molecular formula is C17H27BrN2O. The smallest absolute Gasteiger partial charge is 0.228 e. The van der Waals surface area contributed by atoms with Crippen LogP contribution >= 0.6 is 15.9 Å². The fraction of sp³-hybridized carbons (Fsp3) is 0.824. The molecule has 4 heteroatoms. The zero-order chi connectivity index (χ0) is 15.3. The molecule has 3 aliphatic carbocycles. The number of halogens is 1. The molecule has 3 saturated carbocycles. The van der Waals surface area contributed by atoms with Crippen LogP contribution in [0.15, 0.2) is 11.1 Å². The highest BCUT2D eigenvalue weighted by molar-refractivity contribution is 9.11. The molecule has 2 bridgehead atoms. The van der Waals surface area contributed by atoms with Crippen molar-refractivity contribution in [3.63, 3.8) is 0 Å². The van der Waals surface area contributed by atoms with Crippen molar-refractivity contribution in [1.29, 1.82) is 0 Å². The minimum absolute atomic E-state index is 0.0141. The molecule has 0 aliphatic heterocycles. The van der Waals surface area contributed by atoms with Crippen molar-refractivity contribution in [2.45, 2.75) is 57.9 Å². The standard InChI is InChI=1S/C17H27BrN2O/c1-11(18)9-17(13-5-4-12(8-13)14(17)19)15(21)20-10-16(2)6-3-7-16/h12-14H,1,3-10,19H2,2H3,(H,20,21)/t12-,13+,14+,17-/m0/s1. The average molecular weight is 355 g/mol. The van der Waals surface area contributed by atoms with Crippen LogP contribution < -0.4 is 11.1 Å². The van der Waals surface area contributed by atoms with Crippen molar-refractivity contribution in [1.82, 2.24) is 5.32 Å². The first-order valence-electron chi connectivity index (χ1n) is 8.24. The Kier molecular flexibility index (Phi) is 3.98. The van der Waals surface area contributed by atoms with E-state index in [0.29, 0.717) is 23.7 Å². The second-order valence-corrected chi connectivity index (χ2v) is 9.00. The van der Waals surface area contributed by atoms with Crippen molar-refractivity contribution in [3.05, 3.63) is 11.1 Å². The predicted octanol–water partition coefficient (Wildman–Crippen LogP) is 3.34.